The van der Waals surface area contributed by atoms with Crippen molar-refractivity contribution in [2.24, 2.45) is 4.99 Å². The molecule has 3 nitrogen and oxygen atoms in total. The molecule has 0 unspecified atom stereocenters. The molecular weight excluding hydrogens is 362 g/mol. The quantitative estimate of drug-likeness (QED) is 0.455. The predicted molar refractivity (Wildman–Crippen MR) is 103 cm³/mol. The van der Waals surface area contributed by atoms with Gasteiger partial charge in [-0.1, -0.05) is 58.4 Å². The van der Waals surface area contributed by atoms with Crippen molar-refractivity contribution in [1.82, 2.24) is 9.97 Å². The van der Waals surface area contributed by atoms with Gasteiger partial charge in [0.2, 0.25) is 0 Å². The van der Waals surface area contributed by atoms with Crippen LogP contribution in [-0.4, -0.2) is 16.2 Å². The lowest BCUT2D eigenvalue weighted by atomic mass is 10.2. The van der Waals surface area contributed by atoms with Gasteiger partial charge < -0.3 is 4.98 Å². The summed E-state index contributed by atoms with van der Waals surface area (Å²) < 4.78 is 1.04. The summed E-state index contributed by atoms with van der Waals surface area (Å²) in [5, 5.41) is 0. The van der Waals surface area contributed by atoms with Gasteiger partial charge in [0.1, 0.15) is 5.82 Å². The molecule has 4 heteroatoms. The molecule has 0 amide bonds. The molecule has 0 fully saturated rings. The van der Waals surface area contributed by atoms with E-state index in [1.165, 1.54) is 0 Å². The third kappa shape index (κ3) is 3.14. The zero-order chi connectivity index (χ0) is 16.4. The third-order valence-electron chi connectivity index (χ3n) is 3.72. The summed E-state index contributed by atoms with van der Waals surface area (Å²) in [6.07, 6.45) is 1.86. The lowest BCUT2D eigenvalue weighted by Crippen LogP contribution is -1.79. The van der Waals surface area contributed by atoms with Crippen LogP contribution in [-0.2, 0) is 0 Å². The summed E-state index contributed by atoms with van der Waals surface area (Å²) in [4.78, 5) is 12.6. The van der Waals surface area contributed by atoms with Gasteiger partial charge in [-0.15, -0.1) is 0 Å². The maximum atomic E-state index is 4.64. The number of imidazole rings is 1. The Kier molecular flexibility index (Phi) is 3.97. The first-order chi connectivity index (χ1) is 11.8. The standard InChI is InChI=1S/C20H14BrN3/c21-16-8-4-5-14(11-16)13-22-17-9-10-18-19(12-17)24-20(23-18)15-6-2-1-3-7-15/h1-13H,(H,23,24). The van der Waals surface area contributed by atoms with Gasteiger partial charge in [-0.2, -0.15) is 0 Å². The topological polar surface area (TPSA) is 41.0 Å². The summed E-state index contributed by atoms with van der Waals surface area (Å²) >= 11 is 3.47. The zero-order valence-corrected chi connectivity index (χ0v) is 14.4. The fraction of sp³-hybridized carbons (Fsp3) is 0. The third-order valence-corrected chi connectivity index (χ3v) is 4.22. The molecule has 0 spiro atoms. The van der Waals surface area contributed by atoms with Crippen molar-refractivity contribution in [1.29, 1.82) is 0 Å². The molecule has 0 saturated carbocycles. The number of aromatic nitrogens is 2. The Balaban J connectivity index is 1.66. The molecule has 1 heterocycles. The Morgan fingerprint density at radius 3 is 2.62 bits per heavy atom. The summed E-state index contributed by atoms with van der Waals surface area (Å²) in [6.45, 7) is 0. The average molecular weight is 376 g/mol. The predicted octanol–water partition coefficient (Wildman–Crippen LogP) is 5.74. The Bertz CT molecular complexity index is 1020. The molecular formula is C20H14BrN3. The number of hydrogen-bond donors (Lipinski definition) is 1. The van der Waals surface area contributed by atoms with Crippen LogP contribution in [0.15, 0.2) is 82.3 Å². The second-order valence-electron chi connectivity index (χ2n) is 5.47. The molecule has 4 aromatic rings. The zero-order valence-electron chi connectivity index (χ0n) is 12.8. The molecule has 0 bridgehead atoms. The van der Waals surface area contributed by atoms with Crippen molar-refractivity contribution < 1.29 is 0 Å². The molecule has 0 aliphatic rings. The highest BCUT2D eigenvalue weighted by molar-refractivity contribution is 9.10. The van der Waals surface area contributed by atoms with E-state index in [1.807, 2.05) is 79.0 Å². The smallest absolute Gasteiger partial charge is 0.138 e. The van der Waals surface area contributed by atoms with E-state index in [0.717, 1.165) is 38.1 Å². The largest absolute Gasteiger partial charge is 0.338 e. The Labute approximate surface area is 148 Å². The highest BCUT2D eigenvalue weighted by Crippen LogP contribution is 2.24. The first kappa shape index (κ1) is 14.8. The minimum absolute atomic E-state index is 0.874. The minimum atomic E-state index is 0.874. The monoisotopic (exact) mass is 375 g/mol. The fourth-order valence-electron chi connectivity index (χ4n) is 2.55. The molecule has 4 rings (SSSR count). The summed E-state index contributed by atoms with van der Waals surface area (Å²) in [7, 11) is 0. The Morgan fingerprint density at radius 1 is 0.917 bits per heavy atom. The maximum Gasteiger partial charge on any atom is 0.138 e. The van der Waals surface area contributed by atoms with Crippen LogP contribution >= 0.6 is 15.9 Å². The number of nitrogens with one attached hydrogen (secondary N) is 1. The van der Waals surface area contributed by atoms with Crippen molar-refractivity contribution in [2.45, 2.75) is 0 Å². The number of H-pyrrole nitrogens is 1. The lowest BCUT2D eigenvalue weighted by Gasteiger charge is -1.96. The number of aliphatic imine (C=N–C) groups is 1. The molecule has 116 valence electrons. The fourth-order valence-corrected chi connectivity index (χ4v) is 2.96. The van der Waals surface area contributed by atoms with Crippen LogP contribution in [0.3, 0.4) is 0 Å². The molecule has 0 radical (unpaired) electrons. The van der Waals surface area contributed by atoms with Crippen LogP contribution in [0.1, 0.15) is 5.56 Å². The number of hydrogen-bond acceptors (Lipinski definition) is 2. The highest BCUT2D eigenvalue weighted by Gasteiger charge is 2.05. The van der Waals surface area contributed by atoms with E-state index >= 15 is 0 Å². The number of fused-ring (bicyclic) bond motifs is 1. The molecule has 3 aromatic carbocycles. The van der Waals surface area contributed by atoms with Gasteiger partial charge in [-0.25, -0.2) is 4.98 Å². The van der Waals surface area contributed by atoms with E-state index in [0.29, 0.717) is 0 Å². The number of rotatable bonds is 3. The van der Waals surface area contributed by atoms with E-state index in [2.05, 4.69) is 30.9 Å². The van der Waals surface area contributed by atoms with Crippen molar-refractivity contribution in [3.63, 3.8) is 0 Å². The maximum absolute atomic E-state index is 4.64. The van der Waals surface area contributed by atoms with Gasteiger partial charge in [-0.05, 0) is 35.9 Å². The van der Waals surface area contributed by atoms with Crippen molar-refractivity contribution in [2.75, 3.05) is 0 Å². The van der Waals surface area contributed by atoms with E-state index in [1.54, 1.807) is 0 Å². The molecule has 1 N–H and O–H groups in total. The van der Waals surface area contributed by atoms with E-state index < -0.39 is 0 Å². The van der Waals surface area contributed by atoms with Gasteiger partial charge in [0, 0.05) is 16.3 Å². The van der Waals surface area contributed by atoms with E-state index in [9.17, 15) is 0 Å². The van der Waals surface area contributed by atoms with Crippen LogP contribution in [0, 0.1) is 0 Å². The average Bonchev–Trinajstić information content (AvgIpc) is 3.04. The first-order valence-corrected chi connectivity index (χ1v) is 8.42. The second kappa shape index (κ2) is 6.42. The number of aromatic amines is 1. The summed E-state index contributed by atoms with van der Waals surface area (Å²) in [6, 6.07) is 24.2. The molecule has 0 atom stereocenters. The lowest BCUT2D eigenvalue weighted by molar-refractivity contribution is 1.34. The van der Waals surface area contributed by atoms with Crippen molar-refractivity contribution in [3.8, 4) is 11.4 Å². The van der Waals surface area contributed by atoms with Gasteiger partial charge in [0.05, 0.1) is 16.7 Å². The number of halogens is 1. The Morgan fingerprint density at radius 2 is 1.79 bits per heavy atom. The molecule has 0 aliphatic heterocycles. The molecule has 0 aliphatic carbocycles. The van der Waals surface area contributed by atoms with Crippen LogP contribution in [0.5, 0.6) is 0 Å². The second-order valence-corrected chi connectivity index (χ2v) is 6.38. The number of benzene rings is 3. The van der Waals surface area contributed by atoms with Gasteiger partial charge >= 0.3 is 0 Å². The normalized spacial score (nSPS) is 11.4. The molecule has 24 heavy (non-hydrogen) atoms. The molecule has 0 saturated heterocycles. The Hall–Kier alpha value is -2.72. The van der Waals surface area contributed by atoms with E-state index in [-0.39, 0.29) is 0 Å². The van der Waals surface area contributed by atoms with Gasteiger partial charge in [0.25, 0.3) is 0 Å². The van der Waals surface area contributed by atoms with Gasteiger partial charge in [0.15, 0.2) is 0 Å². The SMILES string of the molecule is Brc1cccc(C=Nc2ccc3nc(-c4ccccc4)[nH]c3c2)c1. The highest BCUT2D eigenvalue weighted by atomic mass is 79.9. The van der Waals surface area contributed by atoms with Crippen molar-refractivity contribution in [3.05, 3.63) is 82.8 Å². The summed E-state index contributed by atoms with van der Waals surface area (Å²) in [5.74, 6) is 0.874. The van der Waals surface area contributed by atoms with Crippen LogP contribution in [0.25, 0.3) is 22.4 Å². The van der Waals surface area contributed by atoms with Crippen molar-refractivity contribution >= 4 is 38.9 Å². The van der Waals surface area contributed by atoms with Crippen LogP contribution in [0.2, 0.25) is 0 Å². The minimum Gasteiger partial charge on any atom is -0.338 e. The van der Waals surface area contributed by atoms with Crippen LogP contribution < -0.4 is 0 Å². The summed E-state index contributed by atoms with van der Waals surface area (Å²) in [5.41, 5.74) is 4.95. The van der Waals surface area contributed by atoms with E-state index in [4.69, 9.17) is 0 Å². The van der Waals surface area contributed by atoms with Crippen LogP contribution in [0.4, 0.5) is 5.69 Å². The first-order valence-electron chi connectivity index (χ1n) is 7.63. The molecule has 1 aromatic heterocycles. The van der Waals surface area contributed by atoms with Gasteiger partial charge in [-0.3, -0.25) is 4.99 Å². The number of nitrogens with zero attached hydrogens (tertiary/aromatic N) is 2.